The molecule has 0 aromatic heterocycles. The standard InChI is InChI=1S/C18H26N4O2S/c1-3-20-6-8-21(9-7-20)15-4-5-16(14(2)10-15)19-17(23)11-22-13-25-12-18(22)24/h4-5,10H,3,6-9,11-13H2,1-2H3,(H,19,23). The summed E-state index contributed by atoms with van der Waals surface area (Å²) in [6.45, 7) is 9.71. The van der Waals surface area contributed by atoms with Crippen LogP contribution < -0.4 is 10.2 Å². The number of nitrogens with one attached hydrogen (secondary N) is 1. The molecule has 2 fully saturated rings. The molecule has 25 heavy (non-hydrogen) atoms. The van der Waals surface area contributed by atoms with Gasteiger partial charge in [-0.2, -0.15) is 0 Å². The van der Waals surface area contributed by atoms with E-state index >= 15 is 0 Å². The molecular formula is C18H26N4O2S. The Balaban J connectivity index is 1.58. The van der Waals surface area contributed by atoms with Gasteiger partial charge in [-0.1, -0.05) is 6.92 Å². The molecule has 2 aliphatic heterocycles. The molecule has 0 saturated carbocycles. The molecule has 6 nitrogen and oxygen atoms in total. The lowest BCUT2D eigenvalue weighted by atomic mass is 10.1. The predicted octanol–water partition coefficient (Wildman–Crippen LogP) is 1.61. The number of rotatable bonds is 5. The van der Waals surface area contributed by atoms with Gasteiger partial charge in [0.2, 0.25) is 11.8 Å². The van der Waals surface area contributed by atoms with Crippen molar-refractivity contribution < 1.29 is 9.59 Å². The van der Waals surface area contributed by atoms with Crippen LogP contribution in [0.15, 0.2) is 18.2 Å². The lowest BCUT2D eigenvalue weighted by Gasteiger charge is -2.35. The highest BCUT2D eigenvalue weighted by Gasteiger charge is 2.23. The summed E-state index contributed by atoms with van der Waals surface area (Å²) in [7, 11) is 0. The second-order valence-electron chi connectivity index (χ2n) is 6.54. The Labute approximate surface area is 153 Å². The molecule has 3 rings (SSSR count). The Kier molecular flexibility index (Phi) is 5.86. The molecule has 1 N–H and O–H groups in total. The molecule has 0 bridgehead atoms. The van der Waals surface area contributed by atoms with Crippen LogP contribution in [-0.2, 0) is 9.59 Å². The van der Waals surface area contributed by atoms with Crippen molar-refractivity contribution in [3.05, 3.63) is 23.8 Å². The van der Waals surface area contributed by atoms with E-state index in [4.69, 9.17) is 0 Å². The maximum Gasteiger partial charge on any atom is 0.244 e. The predicted molar refractivity (Wildman–Crippen MR) is 103 cm³/mol. The molecule has 2 aliphatic rings. The third-order valence-electron chi connectivity index (χ3n) is 4.83. The molecule has 0 atom stereocenters. The fraction of sp³-hybridized carbons (Fsp3) is 0.556. The van der Waals surface area contributed by atoms with E-state index in [-0.39, 0.29) is 18.4 Å². The summed E-state index contributed by atoms with van der Waals surface area (Å²) in [6, 6.07) is 6.17. The number of anilines is 2. The van der Waals surface area contributed by atoms with Gasteiger partial charge in [-0.15, -0.1) is 11.8 Å². The third-order valence-corrected chi connectivity index (χ3v) is 5.77. The first-order valence-corrected chi connectivity index (χ1v) is 9.95. The second-order valence-corrected chi connectivity index (χ2v) is 7.49. The van der Waals surface area contributed by atoms with Gasteiger partial charge in [0.1, 0.15) is 6.54 Å². The monoisotopic (exact) mass is 362 g/mol. The number of nitrogens with zero attached hydrogens (tertiary/aromatic N) is 3. The molecule has 0 spiro atoms. The van der Waals surface area contributed by atoms with Gasteiger partial charge < -0.3 is 20.0 Å². The van der Waals surface area contributed by atoms with Crippen LogP contribution in [0.3, 0.4) is 0 Å². The van der Waals surface area contributed by atoms with Crippen molar-refractivity contribution in [1.29, 1.82) is 0 Å². The maximum absolute atomic E-state index is 12.2. The summed E-state index contributed by atoms with van der Waals surface area (Å²) in [5, 5.41) is 2.94. The molecule has 1 aromatic rings. The molecule has 2 amide bonds. The van der Waals surface area contributed by atoms with Crippen molar-refractivity contribution in [2.45, 2.75) is 13.8 Å². The topological polar surface area (TPSA) is 55.9 Å². The van der Waals surface area contributed by atoms with E-state index in [0.717, 1.165) is 44.0 Å². The molecule has 1 aromatic carbocycles. The smallest absolute Gasteiger partial charge is 0.244 e. The van der Waals surface area contributed by atoms with Gasteiger partial charge in [-0.05, 0) is 37.2 Å². The number of hydrogen-bond donors (Lipinski definition) is 1. The highest BCUT2D eigenvalue weighted by molar-refractivity contribution is 8.00. The summed E-state index contributed by atoms with van der Waals surface area (Å²) in [5.41, 5.74) is 3.07. The van der Waals surface area contributed by atoms with Gasteiger partial charge >= 0.3 is 0 Å². The van der Waals surface area contributed by atoms with Crippen LogP contribution in [0.4, 0.5) is 11.4 Å². The van der Waals surface area contributed by atoms with Crippen molar-refractivity contribution in [3.8, 4) is 0 Å². The Morgan fingerprint density at radius 1 is 1.24 bits per heavy atom. The van der Waals surface area contributed by atoms with Crippen molar-refractivity contribution in [2.24, 2.45) is 0 Å². The quantitative estimate of drug-likeness (QED) is 0.862. The zero-order valence-electron chi connectivity index (χ0n) is 15.0. The van der Waals surface area contributed by atoms with E-state index in [1.807, 2.05) is 13.0 Å². The first-order chi connectivity index (χ1) is 12.1. The van der Waals surface area contributed by atoms with Crippen LogP contribution in [0.1, 0.15) is 12.5 Å². The van der Waals surface area contributed by atoms with E-state index in [1.165, 1.54) is 5.69 Å². The second kappa shape index (κ2) is 8.10. The fourth-order valence-corrected chi connectivity index (χ4v) is 4.11. The first-order valence-electron chi connectivity index (χ1n) is 8.80. The van der Waals surface area contributed by atoms with Crippen molar-refractivity contribution in [2.75, 3.05) is 61.1 Å². The number of hydrogen-bond acceptors (Lipinski definition) is 5. The van der Waals surface area contributed by atoms with Crippen molar-refractivity contribution in [1.82, 2.24) is 9.80 Å². The molecule has 7 heteroatoms. The van der Waals surface area contributed by atoms with Gasteiger partial charge in [0.25, 0.3) is 0 Å². The van der Waals surface area contributed by atoms with E-state index in [0.29, 0.717) is 11.6 Å². The highest BCUT2D eigenvalue weighted by atomic mass is 32.2. The van der Waals surface area contributed by atoms with Gasteiger partial charge in [0.15, 0.2) is 0 Å². The molecule has 136 valence electrons. The molecule has 0 unspecified atom stereocenters. The summed E-state index contributed by atoms with van der Waals surface area (Å²) in [4.78, 5) is 30.2. The maximum atomic E-state index is 12.2. The number of thioether (sulfide) groups is 1. The van der Waals surface area contributed by atoms with E-state index in [1.54, 1.807) is 16.7 Å². The Hall–Kier alpha value is -1.73. The normalized spacial score (nSPS) is 18.7. The molecular weight excluding hydrogens is 336 g/mol. The van der Waals surface area contributed by atoms with Crippen LogP contribution in [0.5, 0.6) is 0 Å². The number of benzene rings is 1. The van der Waals surface area contributed by atoms with Gasteiger partial charge in [0, 0.05) is 37.6 Å². The average Bonchev–Trinajstić information content (AvgIpc) is 3.01. The van der Waals surface area contributed by atoms with E-state index in [9.17, 15) is 9.59 Å². The van der Waals surface area contributed by atoms with Crippen LogP contribution in [0.2, 0.25) is 0 Å². The summed E-state index contributed by atoms with van der Waals surface area (Å²) >= 11 is 1.55. The summed E-state index contributed by atoms with van der Waals surface area (Å²) in [6.07, 6.45) is 0. The van der Waals surface area contributed by atoms with Gasteiger partial charge in [-0.25, -0.2) is 0 Å². The summed E-state index contributed by atoms with van der Waals surface area (Å²) < 4.78 is 0. The molecule has 0 radical (unpaired) electrons. The number of aryl methyl sites for hydroxylation is 1. The Morgan fingerprint density at radius 2 is 2.00 bits per heavy atom. The summed E-state index contributed by atoms with van der Waals surface area (Å²) in [5.74, 6) is 0.988. The molecule has 2 saturated heterocycles. The SMILES string of the molecule is CCN1CCN(c2ccc(NC(=O)CN3CSCC3=O)c(C)c2)CC1. The fourth-order valence-electron chi connectivity index (χ4n) is 3.21. The highest BCUT2D eigenvalue weighted by Crippen LogP contribution is 2.24. The Morgan fingerprint density at radius 3 is 2.60 bits per heavy atom. The van der Waals surface area contributed by atoms with Crippen LogP contribution >= 0.6 is 11.8 Å². The number of likely N-dealkylation sites (N-methyl/N-ethyl adjacent to an activating group) is 1. The minimum absolute atomic E-state index is 0.0402. The van der Waals surface area contributed by atoms with Crippen molar-refractivity contribution in [3.63, 3.8) is 0 Å². The molecule has 0 aliphatic carbocycles. The van der Waals surface area contributed by atoms with Crippen LogP contribution in [-0.4, -0.2) is 72.5 Å². The zero-order chi connectivity index (χ0) is 17.8. The van der Waals surface area contributed by atoms with E-state index < -0.39 is 0 Å². The number of piperazine rings is 1. The third kappa shape index (κ3) is 4.46. The van der Waals surface area contributed by atoms with E-state index in [2.05, 4.69) is 34.2 Å². The zero-order valence-corrected chi connectivity index (χ0v) is 15.8. The van der Waals surface area contributed by atoms with Crippen LogP contribution in [0.25, 0.3) is 0 Å². The number of amides is 2. The average molecular weight is 362 g/mol. The molecule has 2 heterocycles. The van der Waals surface area contributed by atoms with Gasteiger partial charge in [0.05, 0.1) is 11.6 Å². The minimum atomic E-state index is -0.136. The lowest BCUT2D eigenvalue weighted by molar-refractivity contribution is -0.130. The Bertz CT molecular complexity index is 644. The number of carbonyl (C=O) groups excluding carboxylic acids is 2. The van der Waals surface area contributed by atoms with Crippen LogP contribution in [0, 0.1) is 6.92 Å². The largest absolute Gasteiger partial charge is 0.369 e. The lowest BCUT2D eigenvalue weighted by Crippen LogP contribution is -2.46. The van der Waals surface area contributed by atoms with Gasteiger partial charge in [-0.3, -0.25) is 9.59 Å². The van der Waals surface area contributed by atoms with Crippen molar-refractivity contribution >= 4 is 35.0 Å². The minimum Gasteiger partial charge on any atom is -0.369 e. The first kappa shape index (κ1) is 18.1. The number of carbonyl (C=O) groups is 2.